The molecule has 8 aliphatic rings. The van der Waals surface area contributed by atoms with Gasteiger partial charge in [0.1, 0.15) is 45.8 Å². The van der Waals surface area contributed by atoms with Crippen LogP contribution in [0.25, 0.3) is 33.2 Å². The number of allylic oxidation sites excluding steroid dienone is 2. The van der Waals surface area contributed by atoms with Crippen molar-refractivity contribution in [2.24, 2.45) is 40.4 Å². The van der Waals surface area contributed by atoms with Gasteiger partial charge < -0.3 is 48.4 Å². The molecule has 4 N–H and O–H groups in total. The molecule has 0 spiro atoms. The number of nitrogens with one attached hydrogen (secondary N) is 4. The predicted molar refractivity (Wildman–Crippen MR) is 517 cm³/mol. The number of nitro groups is 2. The summed E-state index contributed by atoms with van der Waals surface area (Å²) < 4.78 is 90.0. The van der Waals surface area contributed by atoms with E-state index in [-0.39, 0.29) is 93.5 Å². The molecule has 135 heavy (non-hydrogen) atoms. The van der Waals surface area contributed by atoms with Crippen molar-refractivity contribution in [3.63, 3.8) is 0 Å². The third kappa shape index (κ3) is 22.4. The number of benzene rings is 6. The topological polar surface area (TPSA) is 367 Å². The van der Waals surface area contributed by atoms with Crippen molar-refractivity contribution in [1.82, 2.24) is 44.1 Å². The second-order valence-electron chi connectivity index (χ2n) is 38.8. The standard InChI is InChI=1S/C51H57ClN6O9S.C50H56ClN7O8S/c1-51(2)16-14-37(44(28-51)34-8-10-38(52)11-9-34)30-56-18-20-57(21-19-56)39-12-13-42(47(25-39)67-40-24-36-15-17-53-48(36)54-29-40)49(59)55-68(63,64)41-26-45(58(61)62)43-23-33(31-66-46(43)27-41)22-32-4-6-35(7-5-32)50(60)65-3;1-32(59)56-16-12-33(13-17-56)22-34-23-43-45(58(61)62)26-41(27-46(43)65-31-34)67(63,64)54-49(60)42-9-8-39(25-47(42)66-40-24-36-11-15-52-48(36)53-29-40)57-20-18-55(19-21-57)30-37-10-14-50(2,3)28-44(37)35-4-6-38(51)7-5-35/h8-13,15,17,24-27,29,32-33,35H,4-7,14,16,18-23,28,30-31H2,1-3H3,(H,53,54)(H,55,59);4-9,11,15,24-27,29,33-34H,10,12-14,16-23,28,30-31H2,1-3H3,(H,52,53)(H,54,60)/t32?,33-,35?;34-/m00/s1. The number of carbonyl (C=O) groups is 4. The minimum Gasteiger partial charge on any atom is -0.493 e. The maximum absolute atomic E-state index is 14.1. The van der Waals surface area contributed by atoms with E-state index in [1.54, 1.807) is 61.8 Å². The first-order valence-corrected chi connectivity index (χ1v) is 50.1. The summed E-state index contributed by atoms with van der Waals surface area (Å²) >= 11 is 12.5. The van der Waals surface area contributed by atoms with E-state index in [9.17, 15) is 56.2 Å². The van der Waals surface area contributed by atoms with Gasteiger partial charge in [0, 0.05) is 166 Å². The Kier molecular flexibility index (Phi) is 28.2. The average molecular weight is 1920 g/mol. The Morgan fingerprint density at radius 2 is 0.941 bits per heavy atom. The third-order valence-corrected chi connectivity index (χ3v) is 31.3. The van der Waals surface area contributed by atoms with Crippen LogP contribution in [0.2, 0.25) is 10.0 Å². The smallest absolute Gasteiger partial charge is 0.308 e. The lowest BCUT2D eigenvalue weighted by Gasteiger charge is -2.39. The number of carbonyl (C=O) groups excluding carboxylic acids is 4. The number of methoxy groups -OCH3 is 1. The first-order chi connectivity index (χ1) is 64.7. The zero-order valence-electron chi connectivity index (χ0n) is 76.6. The molecule has 18 rings (SSSR count). The molecule has 3 amide bonds. The van der Waals surface area contributed by atoms with Gasteiger partial charge in [0.25, 0.3) is 43.2 Å². The van der Waals surface area contributed by atoms with Crippen LogP contribution >= 0.6 is 23.2 Å². The van der Waals surface area contributed by atoms with E-state index in [2.05, 4.69) is 101 Å². The van der Waals surface area contributed by atoms with Crippen LogP contribution in [0, 0.1) is 60.6 Å². The van der Waals surface area contributed by atoms with E-state index in [0.29, 0.717) is 97.9 Å². The summed E-state index contributed by atoms with van der Waals surface area (Å²) in [5, 5.41) is 27.9. The number of hydrogen-bond acceptors (Lipinski definition) is 23. The van der Waals surface area contributed by atoms with Gasteiger partial charge in [0.05, 0.1) is 80.5 Å². The number of likely N-dealkylation sites (tertiary alicyclic amines) is 1. The summed E-state index contributed by atoms with van der Waals surface area (Å²) in [6.07, 6.45) is 20.0. The number of amides is 3. The minimum absolute atomic E-state index is 0.0124. The largest absolute Gasteiger partial charge is 0.493 e. The number of anilines is 2. The van der Waals surface area contributed by atoms with Gasteiger partial charge in [-0.15, -0.1) is 0 Å². The Labute approximate surface area is 795 Å². The number of piperazine rings is 2. The fourth-order valence-corrected chi connectivity index (χ4v) is 22.8. The zero-order chi connectivity index (χ0) is 94.8. The van der Waals surface area contributed by atoms with E-state index in [1.807, 2.05) is 41.3 Å². The van der Waals surface area contributed by atoms with E-state index < -0.39 is 57.2 Å². The lowest BCUT2D eigenvalue weighted by Crippen LogP contribution is -2.47. The molecule has 5 aliphatic heterocycles. The molecule has 4 aromatic heterocycles. The molecule has 30 nitrogen and oxygen atoms in total. The molecule has 3 aliphatic carbocycles. The van der Waals surface area contributed by atoms with E-state index in [0.717, 1.165) is 173 Å². The third-order valence-electron chi connectivity index (χ3n) is 28.2. The molecule has 10 aromatic rings. The lowest BCUT2D eigenvalue weighted by atomic mass is 9.72. The van der Waals surface area contributed by atoms with Gasteiger partial charge in [-0.2, -0.15) is 0 Å². The number of piperidine rings is 1. The Morgan fingerprint density at radius 1 is 0.526 bits per heavy atom. The van der Waals surface area contributed by atoms with Crippen molar-refractivity contribution >= 4 is 123 Å². The van der Waals surface area contributed by atoms with Crippen LogP contribution in [0.4, 0.5) is 22.7 Å². The summed E-state index contributed by atoms with van der Waals surface area (Å²) in [6.45, 7) is 20.6. The molecule has 4 fully saturated rings. The number of pyridine rings is 2. The Hall–Kier alpha value is -11.9. The highest BCUT2D eigenvalue weighted by Gasteiger charge is 2.40. The van der Waals surface area contributed by atoms with Gasteiger partial charge in [0.15, 0.2) is 0 Å². The van der Waals surface area contributed by atoms with Gasteiger partial charge in [0.2, 0.25) is 5.91 Å². The van der Waals surface area contributed by atoms with Crippen molar-refractivity contribution in [2.45, 2.75) is 147 Å². The van der Waals surface area contributed by atoms with Gasteiger partial charge in [-0.3, -0.25) is 49.2 Å². The maximum Gasteiger partial charge on any atom is 0.308 e. The highest BCUT2D eigenvalue weighted by Crippen LogP contribution is 2.49. The molecule has 9 heterocycles. The summed E-state index contributed by atoms with van der Waals surface area (Å²) in [7, 11) is -7.91. The van der Waals surface area contributed by atoms with Crippen molar-refractivity contribution in [3.8, 4) is 34.5 Å². The molecule has 6 aromatic carbocycles. The molecule has 34 heteroatoms. The first kappa shape index (κ1) is 94.8. The normalized spacial score (nSPS) is 20.0. The number of aromatic amines is 2. The SMILES string of the molecule is CC(=O)N1CCC(C[C@@H]2COc3cc(S(=O)(=O)NC(=O)c4ccc(N5CCN(CC6=C(c7ccc(Cl)cc7)CC(C)(C)CC6)CC5)cc4Oc4cnc5[nH]ccc5c4)cc([N+](=O)[O-])c3C2)CC1.COC(=O)C1CCC(C[C@@H]2COc3cc(S(=O)(=O)NC(=O)c4ccc(N5CCN(CC6=C(c7ccc(Cl)cc7)CC(C)(C)CC6)CC5)cc4Oc4cnc5[nH]ccc5c4)cc([N+](=O)[O-])c3C2)CC1. The number of aromatic nitrogens is 4. The number of ether oxygens (including phenoxy) is 5. The molecular formula is C101H113Cl2N13O17S2. The fourth-order valence-electron chi connectivity index (χ4n) is 20.6. The molecular weight excluding hydrogens is 1800 g/mol. The lowest BCUT2D eigenvalue weighted by molar-refractivity contribution is -0.386. The van der Waals surface area contributed by atoms with E-state index in [4.69, 9.17) is 46.9 Å². The molecule has 2 atom stereocenters. The van der Waals surface area contributed by atoms with Crippen LogP contribution in [-0.2, 0) is 47.2 Å². The number of hydrogen-bond donors (Lipinski definition) is 4. The second kappa shape index (κ2) is 40.2. The number of nitro benzene ring substituents is 2. The summed E-state index contributed by atoms with van der Waals surface area (Å²) in [6, 6.07) is 38.2. The zero-order valence-corrected chi connectivity index (χ0v) is 79.8. The highest BCUT2D eigenvalue weighted by atomic mass is 35.5. The van der Waals surface area contributed by atoms with Crippen LogP contribution < -0.4 is 38.2 Å². The predicted octanol–water partition coefficient (Wildman–Crippen LogP) is 18.8. The number of esters is 1. The molecule has 3 saturated heterocycles. The molecule has 710 valence electrons. The van der Waals surface area contributed by atoms with Crippen molar-refractivity contribution in [3.05, 3.63) is 233 Å². The molecule has 0 bridgehead atoms. The second-order valence-corrected chi connectivity index (χ2v) is 43.0. The van der Waals surface area contributed by atoms with Gasteiger partial charge in [-0.1, -0.05) is 86.3 Å². The van der Waals surface area contributed by atoms with Crippen LogP contribution in [0.15, 0.2) is 179 Å². The number of H-pyrrole nitrogens is 2. The molecule has 0 unspecified atom stereocenters. The van der Waals surface area contributed by atoms with E-state index >= 15 is 0 Å². The van der Waals surface area contributed by atoms with Gasteiger partial charge in [-0.25, -0.2) is 36.2 Å². The average Bonchev–Trinajstić information content (AvgIpc) is 1.13. The van der Waals surface area contributed by atoms with Crippen molar-refractivity contribution in [1.29, 1.82) is 0 Å². The highest BCUT2D eigenvalue weighted by molar-refractivity contribution is 7.90. The monoisotopic (exact) mass is 1910 g/mol. The fraction of sp³-hybridized carbons (Fsp3) is 0.426. The van der Waals surface area contributed by atoms with Crippen molar-refractivity contribution in [2.75, 3.05) is 109 Å². The summed E-state index contributed by atoms with van der Waals surface area (Å²) in [5.74, 6) is -0.443. The number of sulfonamides is 2. The summed E-state index contributed by atoms with van der Waals surface area (Å²) in [5.41, 5.74) is 11.3. The minimum atomic E-state index is -4.66. The van der Waals surface area contributed by atoms with Gasteiger partial charge in [-0.05, 0) is 232 Å². The Bertz CT molecular complexity index is 6490. The molecule has 0 radical (unpaired) electrons. The Morgan fingerprint density at radius 3 is 1.34 bits per heavy atom. The van der Waals surface area contributed by atoms with Crippen LogP contribution in [-0.4, -0.2) is 184 Å². The van der Waals surface area contributed by atoms with Gasteiger partial charge >= 0.3 is 5.97 Å². The number of rotatable bonds is 25. The van der Waals surface area contributed by atoms with Crippen LogP contribution in [0.3, 0.4) is 0 Å². The quantitative estimate of drug-likeness (QED) is 0.0234. The Balaban J connectivity index is 0.000000188. The number of nitrogens with zero attached hydrogens (tertiary/aromatic N) is 9. The first-order valence-electron chi connectivity index (χ1n) is 46.4. The molecule has 1 saturated carbocycles. The van der Waals surface area contributed by atoms with Crippen molar-refractivity contribution < 1.29 is 69.5 Å². The number of fused-ring (bicyclic) bond motifs is 4. The number of halogens is 2. The van der Waals surface area contributed by atoms with Crippen LogP contribution in [0.1, 0.15) is 167 Å². The van der Waals surface area contributed by atoms with E-state index in [1.165, 1.54) is 71.1 Å². The van der Waals surface area contributed by atoms with Crippen LogP contribution in [0.5, 0.6) is 34.5 Å². The maximum atomic E-state index is 14.1. The summed E-state index contributed by atoms with van der Waals surface area (Å²) in [4.78, 5) is 101.